The number of hydrogen-bond acceptors (Lipinski definition) is 3. The van der Waals surface area contributed by atoms with Crippen LogP contribution in [0.15, 0.2) is 0 Å². The molecule has 2 fully saturated rings. The maximum absolute atomic E-state index is 11.0. The molecule has 2 rings (SSSR count). The van der Waals surface area contributed by atoms with E-state index in [9.17, 15) is 4.79 Å². The van der Waals surface area contributed by atoms with Gasteiger partial charge >= 0.3 is 5.97 Å². The van der Waals surface area contributed by atoms with E-state index in [0.29, 0.717) is 11.8 Å². The molecule has 2 atom stereocenters. The highest BCUT2D eigenvalue weighted by Gasteiger charge is 2.36. The Balaban J connectivity index is 1.74. The molecular weight excluding hydrogens is 204 g/mol. The lowest BCUT2D eigenvalue weighted by molar-refractivity contribution is -0.140. The van der Waals surface area contributed by atoms with Gasteiger partial charge in [0.05, 0.1) is 0 Å². The number of nitrogens with one attached hydrogen (secondary N) is 1. The number of nitrogens with zero attached hydrogens (tertiary/aromatic N) is 1. The van der Waals surface area contributed by atoms with E-state index in [-0.39, 0.29) is 6.04 Å². The Hall–Kier alpha value is -0.610. The van der Waals surface area contributed by atoms with Crippen LogP contribution in [0.1, 0.15) is 25.7 Å². The molecule has 1 aliphatic heterocycles. The summed E-state index contributed by atoms with van der Waals surface area (Å²) in [6, 6.07) is -0.299. The summed E-state index contributed by atoms with van der Waals surface area (Å²) in [4.78, 5) is 13.4. The highest BCUT2D eigenvalue weighted by molar-refractivity contribution is 5.74. The molecule has 2 aliphatic rings. The molecule has 1 aliphatic carbocycles. The highest BCUT2D eigenvalue weighted by atomic mass is 16.4. The van der Waals surface area contributed by atoms with Crippen LogP contribution in [-0.2, 0) is 4.79 Å². The molecule has 2 N–H and O–H groups in total. The topological polar surface area (TPSA) is 52.6 Å². The summed E-state index contributed by atoms with van der Waals surface area (Å²) in [5, 5.41) is 12.3. The minimum atomic E-state index is -0.674. The van der Waals surface area contributed by atoms with Gasteiger partial charge in [0.2, 0.25) is 0 Å². The molecule has 92 valence electrons. The molecule has 16 heavy (non-hydrogen) atoms. The lowest BCUT2D eigenvalue weighted by atomic mass is 9.98. The first-order valence-corrected chi connectivity index (χ1v) is 6.31. The van der Waals surface area contributed by atoms with E-state index < -0.39 is 5.97 Å². The largest absolute Gasteiger partial charge is 0.480 e. The molecule has 1 saturated carbocycles. The predicted octanol–water partition coefficient (Wildman–Crippen LogP) is 0.781. The van der Waals surface area contributed by atoms with Crippen LogP contribution in [0.3, 0.4) is 0 Å². The van der Waals surface area contributed by atoms with Crippen molar-refractivity contribution in [3.63, 3.8) is 0 Å². The highest BCUT2D eigenvalue weighted by Crippen LogP contribution is 2.32. The molecule has 0 radical (unpaired) electrons. The van der Waals surface area contributed by atoms with Crippen molar-refractivity contribution in [1.29, 1.82) is 0 Å². The number of hydrogen-bond donors (Lipinski definition) is 2. The van der Waals surface area contributed by atoms with E-state index >= 15 is 0 Å². The van der Waals surface area contributed by atoms with Gasteiger partial charge in [-0.05, 0) is 57.7 Å². The van der Waals surface area contributed by atoms with Gasteiger partial charge in [0.15, 0.2) is 0 Å². The lowest BCUT2D eigenvalue weighted by Gasteiger charge is -2.30. The van der Waals surface area contributed by atoms with E-state index in [1.54, 1.807) is 0 Å². The van der Waals surface area contributed by atoms with E-state index in [1.165, 1.54) is 19.4 Å². The minimum absolute atomic E-state index is 0.299. The zero-order valence-electron chi connectivity index (χ0n) is 9.98. The van der Waals surface area contributed by atoms with Crippen LogP contribution in [0.5, 0.6) is 0 Å². The van der Waals surface area contributed by atoms with Gasteiger partial charge in [0.1, 0.15) is 6.04 Å². The van der Waals surface area contributed by atoms with Crippen molar-refractivity contribution in [2.45, 2.75) is 31.7 Å². The Morgan fingerprint density at radius 3 is 2.81 bits per heavy atom. The zero-order valence-corrected chi connectivity index (χ0v) is 9.98. The minimum Gasteiger partial charge on any atom is -0.480 e. The zero-order chi connectivity index (χ0) is 11.5. The molecule has 4 nitrogen and oxygen atoms in total. The summed E-state index contributed by atoms with van der Waals surface area (Å²) in [6.45, 7) is 3.14. The quantitative estimate of drug-likeness (QED) is 0.727. The van der Waals surface area contributed by atoms with Crippen molar-refractivity contribution in [1.82, 2.24) is 10.2 Å². The first-order chi connectivity index (χ1) is 7.66. The van der Waals surface area contributed by atoms with Gasteiger partial charge in [0.25, 0.3) is 0 Å². The molecular formula is C12H22N2O2. The average molecular weight is 226 g/mol. The summed E-state index contributed by atoms with van der Waals surface area (Å²) in [7, 11) is 2.14. The molecule has 1 heterocycles. The maximum Gasteiger partial charge on any atom is 0.320 e. The molecule has 4 heteroatoms. The molecule has 1 saturated heterocycles. The number of carboxylic acid groups (broad SMARTS) is 1. The Morgan fingerprint density at radius 1 is 1.50 bits per heavy atom. The monoisotopic (exact) mass is 226 g/mol. The van der Waals surface area contributed by atoms with E-state index in [0.717, 1.165) is 25.9 Å². The van der Waals surface area contributed by atoms with Gasteiger partial charge in [-0.25, -0.2) is 0 Å². The molecule has 0 aromatic rings. The Bertz CT molecular complexity index is 253. The third kappa shape index (κ3) is 3.19. The van der Waals surface area contributed by atoms with Gasteiger partial charge in [0, 0.05) is 6.54 Å². The Morgan fingerprint density at radius 2 is 2.25 bits per heavy atom. The van der Waals surface area contributed by atoms with Crippen molar-refractivity contribution in [2.75, 3.05) is 26.7 Å². The second-order valence-electron chi connectivity index (χ2n) is 5.33. The summed E-state index contributed by atoms with van der Waals surface area (Å²) in [5.74, 6) is 0.338. The molecule has 0 aromatic carbocycles. The third-order valence-corrected chi connectivity index (χ3v) is 3.71. The number of piperidine rings is 1. The predicted molar refractivity (Wildman–Crippen MR) is 62.4 cm³/mol. The summed E-state index contributed by atoms with van der Waals surface area (Å²) in [5.41, 5.74) is 0. The van der Waals surface area contributed by atoms with Crippen LogP contribution in [-0.4, -0.2) is 48.7 Å². The lowest BCUT2D eigenvalue weighted by Crippen LogP contribution is -2.44. The Kier molecular flexibility index (Phi) is 3.82. The van der Waals surface area contributed by atoms with Crippen molar-refractivity contribution in [3.05, 3.63) is 0 Å². The first-order valence-electron chi connectivity index (χ1n) is 6.31. The normalized spacial score (nSPS) is 28.9. The fourth-order valence-corrected chi connectivity index (χ4v) is 2.62. The fraction of sp³-hybridized carbons (Fsp3) is 0.917. The maximum atomic E-state index is 11.0. The number of aliphatic carboxylic acids is 1. The van der Waals surface area contributed by atoms with Crippen molar-refractivity contribution in [2.24, 2.45) is 11.8 Å². The van der Waals surface area contributed by atoms with Crippen LogP contribution in [0.25, 0.3) is 0 Å². The van der Waals surface area contributed by atoms with E-state index in [1.807, 2.05) is 0 Å². The van der Waals surface area contributed by atoms with Gasteiger partial charge in [-0.2, -0.15) is 0 Å². The molecule has 0 bridgehead atoms. The van der Waals surface area contributed by atoms with Gasteiger partial charge in [-0.3, -0.25) is 4.79 Å². The number of carboxylic acids is 1. The molecule has 2 unspecified atom stereocenters. The molecule has 0 aromatic heterocycles. The fourth-order valence-electron chi connectivity index (χ4n) is 2.62. The van der Waals surface area contributed by atoms with Gasteiger partial charge in [-0.1, -0.05) is 0 Å². The average Bonchev–Trinajstić information content (AvgIpc) is 3.02. The van der Waals surface area contributed by atoms with Crippen LogP contribution < -0.4 is 5.32 Å². The molecule has 0 spiro atoms. The first kappa shape index (κ1) is 11.9. The van der Waals surface area contributed by atoms with E-state index in [2.05, 4.69) is 17.3 Å². The SMILES string of the molecule is CN1CCCC(CNC(C(=O)O)C2CC2)C1. The van der Waals surface area contributed by atoms with Crippen LogP contribution >= 0.6 is 0 Å². The van der Waals surface area contributed by atoms with Crippen LogP contribution in [0, 0.1) is 11.8 Å². The third-order valence-electron chi connectivity index (χ3n) is 3.71. The molecule has 0 amide bonds. The summed E-state index contributed by atoms with van der Waals surface area (Å²) >= 11 is 0. The van der Waals surface area contributed by atoms with Gasteiger partial charge in [-0.15, -0.1) is 0 Å². The van der Waals surface area contributed by atoms with Crippen molar-refractivity contribution < 1.29 is 9.90 Å². The van der Waals surface area contributed by atoms with Crippen molar-refractivity contribution in [3.8, 4) is 0 Å². The second-order valence-corrected chi connectivity index (χ2v) is 5.33. The number of carbonyl (C=O) groups is 1. The van der Waals surface area contributed by atoms with E-state index in [4.69, 9.17) is 5.11 Å². The number of rotatable bonds is 5. The van der Waals surface area contributed by atoms with Crippen LogP contribution in [0.4, 0.5) is 0 Å². The Labute approximate surface area is 97.0 Å². The smallest absolute Gasteiger partial charge is 0.320 e. The summed E-state index contributed by atoms with van der Waals surface area (Å²) < 4.78 is 0. The van der Waals surface area contributed by atoms with Crippen molar-refractivity contribution >= 4 is 5.97 Å². The standard InChI is InChI=1S/C12H22N2O2/c1-14-6-2-3-9(8-14)7-13-11(12(15)16)10-4-5-10/h9-11,13H,2-8H2,1H3,(H,15,16). The van der Waals surface area contributed by atoms with Gasteiger partial charge < -0.3 is 15.3 Å². The second kappa shape index (κ2) is 5.15. The van der Waals surface area contributed by atoms with Crippen LogP contribution in [0.2, 0.25) is 0 Å². The summed E-state index contributed by atoms with van der Waals surface area (Å²) in [6.07, 6.45) is 4.63. The number of likely N-dealkylation sites (tertiary alicyclic amines) is 1.